The van der Waals surface area contributed by atoms with Gasteiger partial charge >= 0.3 is 0 Å². The SMILES string of the molecule is CC(C)(C)CC(C)(C)NC(=O)[C@H]1CCOO1. The van der Waals surface area contributed by atoms with Gasteiger partial charge in [0.05, 0.1) is 6.61 Å². The fourth-order valence-corrected chi connectivity index (χ4v) is 2.29. The molecule has 0 aromatic heterocycles. The Bertz CT molecular complexity index is 249. The first kappa shape index (κ1) is 13.5. The van der Waals surface area contributed by atoms with Crippen LogP contribution in [0.2, 0.25) is 0 Å². The molecule has 0 aromatic carbocycles. The molecule has 0 aromatic rings. The summed E-state index contributed by atoms with van der Waals surface area (Å²) in [5, 5.41) is 3.01. The summed E-state index contributed by atoms with van der Waals surface area (Å²) >= 11 is 0. The minimum Gasteiger partial charge on any atom is -0.349 e. The van der Waals surface area contributed by atoms with Crippen LogP contribution in [0, 0.1) is 5.41 Å². The van der Waals surface area contributed by atoms with Gasteiger partial charge in [0, 0.05) is 12.0 Å². The molecule has 1 N–H and O–H groups in total. The minimum atomic E-state index is -0.445. The molecule has 0 radical (unpaired) electrons. The molecular formula is C12H23NO3. The lowest BCUT2D eigenvalue weighted by atomic mass is 9.81. The monoisotopic (exact) mass is 229 g/mol. The van der Waals surface area contributed by atoms with Crippen LogP contribution in [0.4, 0.5) is 0 Å². The molecule has 1 heterocycles. The Hall–Kier alpha value is -0.610. The van der Waals surface area contributed by atoms with Crippen LogP contribution in [0.25, 0.3) is 0 Å². The van der Waals surface area contributed by atoms with Crippen molar-refractivity contribution in [3.8, 4) is 0 Å². The fraction of sp³-hybridized carbons (Fsp3) is 0.917. The third-order valence-electron chi connectivity index (χ3n) is 2.37. The van der Waals surface area contributed by atoms with Crippen molar-refractivity contribution < 1.29 is 14.6 Å². The van der Waals surface area contributed by atoms with Gasteiger partial charge in [-0.1, -0.05) is 20.8 Å². The second kappa shape index (κ2) is 4.72. The maximum Gasteiger partial charge on any atom is 0.253 e. The van der Waals surface area contributed by atoms with Crippen molar-refractivity contribution in [2.45, 2.75) is 59.1 Å². The van der Waals surface area contributed by atoms with E-state index in [2.05, 4.69) is 26.1 Å². The van der Waals surface area contributed by atoms with E-state index in [0.717, 1.165) is 6.42 Å². The van der Waals surface area contributed by atoms with Crippen molar-refractivity contribution in [1.29, 1.82) is 0 Å². The van der Waals surface area contributed by atoms with E-state index in [1.807, 2.05) is 13.8 Å². The van der Waals surface area contributed by atoms with Crippen LogP contribution in [0.3, 0.4) is 0 Å². The molecule has 4 nitrogen and oxygen atoms in total. The molecule has 1 saturated heterocycles. The van der Waals surface area contributed by atoms with Crippen molar-refractivity contribution in [3.05, 3.63) is 0 Å². The summed E-state index contributed by atoms with van der Waals surface area (Å²) < 4.78 is 0. The molecule has 1 aliphatic heterocycles. The van der Waals surface area contributed by atoms with Crippen LogP contribution in [0.15, 0.2) is 0 Å². The Morgan fingerprint density at radius 2 is 1.94 bits per heavy atom. The van der Waals surface area contributed by atoms with E-state index in [4.69, 9.17) is 9.78 Å². The quantitative estimate of drug-likeness (QED) is 0.753. The highest BCUT2D eigenvalue weighted by molar-refractivity contribution is 5.81. The normalized spacial score (nSPS) is 22.2. The Balaban J connectivity index is 2.48. The Kier molecular flexibility index (Phi) is 3.97. The molecule has 1 atom stereocenters. The topological polar surface area (TPSA) is 47.6 Å². The molecule has 0 bridgehead atoms. The summed E-state index contributed by atoms with van der Waals surface area (Å²) in [6, 6.07) is 0. The zero-order valence-electron chi connectivity index (χ0n) is 10.9. The molecule has 0 unspecified atom stereocenters. The Morgan fingerprint density at radius 1 is 1.31 bits per heavy atom. The highest BCUT2D eigenvalue weighted by Crippen LogP contribution is 2.27. The number of carbonyl (C=O) groups excluding carboxylic acids is 1. The second-order valence-electron chi connectivity index (χ2n) is 6.31. The predicted octanol–water partition coefficient (Wildman–Crippen LogP) is 2.04. The van der Waals surface area contributed by atoms with Gasteiger partial charge in [0.1, 0.15) is 0 Å². The molecular weight excluding hydrogens is 206 g/mol. The van der Waals surface area contributed by atoms with E-state index in [9.17, 15) is 4.79 Å². The van der Waals surface area contributed by atoms with Gasteiger partial charge in [-0.3, -0.25) is 4.79 Å². The van der Waals surface area contributed by atoms with Crippen molar-refractivity contribution in [2.75, 3.05) is 6.61 Å². The molecule has 0 aliphatic carbocycles. The van der Waals surface area contributed by atoms with Crippen molar-refractivity contribution in [2.24, 2.45) is 5.41 Å². The zero-order valence-corrected chi connectivity index (χ0v) is 10.9. The van der Waals surface area contributed by atoms with Crippen LogP contribution < -0.4 is 5.32 Å². The fourth-order valence-electron chi connectivity index (χ4n) is 2.29. The first-order valence-electron chi connectivity index (χ1n) is 5.80. The maximum absolute atomic E-state index is 11.8. The van der Waals surface area contributed by atoms with Crippen molar-refractivity contribution in [1.82, 2.24) is 5.32 Å². The lowest BCUT2D eigenvalue weighted by Gasteiger charge is -2.33. The van der Waals surface area contributed by atoms with Crippen LogP contribution >= 0.6 is 0 Å². The molecule has 1 fully saturated rings. The van der Waals surface area contributed by atoms with E-state index in [1.54, 1.807) is 0 Å². The lowest BCUT2D eigenvalue weighted by molar-refractivity contribution is -0.269. The zero-order chi connectivity index (χ0) is 12.4. The summed E-state index contributed by atoms with van der Waals surface area (Å²) in [6.07, 6.45) is 1.11. The van der Waals surface area contributed by atoms with Gasteiger partial charge in [0.25, 0.3) is 5.91 Å². The van der Waals surface area contributed by atoms with Gasteiger partial charge in [0.2, 0.25) is 0 Å². The molecule has 4 heteroatoms. The average Bonchev–Trinajstić information content (AvgIpc) is 2.48. The van der Waals surface area contributed by atoms with Gasteiger partial charge < -0.3 is 5.32 Å². The van der Waals surface area contributed by atoms with Crippen LogP contribution in [0.1, 0.15) is 47.5 Å². The van der Waals surface area contributed by atoms with E-state index >= 15 is 0 Å². The van der Waals surface area contributed by atoms with E-state index in [-0.39, 0.29) is 16.9 Å². The number of rotatable bonds is 3. The van der Waals surface area contributed by atoms with Gasteiger partial charge in [-0.2, -0.15) is 0 Å². The summed E-state index contributed by atoms with van der Waals surface area (Å²) in [5.74, 6) is -0.0771. The number of carbonyl (C=O) groups is 1. The standard InChI is InChI=1S/C12H23NO3/c1-11(2,3)8-12(4,5)13-10(14)9-6-7-15-16-9/h9H,6-8H2,1-5H3,(H,13,14)/t9-/m1/s1. The highest BCUT2D eigenvalue weighted by atomic mass is 17.2. The summed E-state index contributed by atoms with van der Waals surface area (Å²) in [6.45, 7) is 11.1. The molecule has 1 rings (SSSR count). The van der Waals surface area contributed by atoms with Gasteiger partial charge in [-0.15, -0.1) is 0 Å². The minimum absolute atomic E-state index is 0.0771. The van der Waals surface area contributed by atoms with E-state index < -0.39 is 6.10 Å². The highest BCUT2D eigenvalue weighted by Gasteiger charge is 2.32. The van der Waals surface area contributed by atoms with E-state index in [1.165, 1.54) is 0 Å². The third kappa shape index (κ3) is 4.49. The first-order valence-corrected chi connectivity index (χ1v) is 5.80. The number of amides is 1. The summed E-state index contributed by atoms with van der Waals surface area (Å²) in [4.78, 5) is 21.4. The van der Waals surface area contributed by atoms with Gasteiger partial charge in [-0.05, 0) is 25.7 Å². The molecule has 0 saturated carbocycles. The number of nitrogens with one attached hydrogen (secondary N) is 1. The molecule has 0 spiro atoms. The van der Waals surface area contributed by atoms with Gasteiger partial charge in [-0.25, -0.2) is 9.78 Å². The predicted molar refractivity (Wildman–Crippen MR) is 61.7 cm³/mol. The van der Waals surface area contributed by atoms with Crippen molar-refractivity contribution in [3.63, 3.8) is 0 Å². The Morgan fingerprint density at radius 3 is 2.38 bits per heavy atom. The first-order chi connectivity index (χ1) is 7.20. The average molecular weight is 229 g/mol. The molecule has 16 heavy (non-hydrogen) atoms. The number of hydrogen-bond donors (Lipinski definition) is 1. The van der Waals surface area contributed by atoms with Crippen LogP contribution in [-0.2, 0) is 14.6 Å². The molecule has 1 amide bonds. The van der Waals surface area contributed by atoms with Crippen molar-refractivity contribution >= 4 is 5.91 Å². The largest absolute Gasteiger partial charge is 0.349 e. The van der Waals surface area contributed by atoms with Crippen LogP contribution in [-0.4, -0.2) is 24.2 Å². The second-order valence-corrected chi connectivity index (χ2v) is 6.31. The maximum atomic E-state index is 11.8. The molecule has 94 valence electrons. The third-order valence-corrected chi connectivity index (χ3v) is 2.37. The Labute approximate surface area is 97.6 Å². The number of hydrogen-bond acceptors (Lipinski definition) is 3. The van der Waals surface area contributed by atoms with E-state index in [0.29, 0.717) is 13.0 Å². The lowest BCUT2D eigenvalue weighted by Crippen LogP contribution is -2.49. The van der Waals surface area contributed by atoms with Gasteiger partial charge in [0.15, 0.2) is 6.10 Å². The van der Waals surface area contributed by atoms with Crippen LogP contribution in [0.5, 0.6) is 0 Å². The summed E-state index contributed by atoms with van der Waals surface area (Å²) in [5.41, 5.74) is -0.0366. The smallest absolute Gasteiger partial charge is 0.253 e. The molecule has 1 aliphatic rings. The summed E-state index contributed by atoms with van der Waals surface area (Å²) in [7, 11) is 0.